The molecular weight excluding hydrogens is 510 g/mol. The fourth-order valence-electron chi connectivity index (χ4n) is 3.73. The van der Waals surface area contributed by atoms with E-state index in [1.165, 1.54) is 23.9 Å². The summed E-state index contributed by atoms with van der Waals surface area (Å²) in [6.07, 6.45) is 4.36. The molecule has 0 radical (unpaired) electrons. The molecule has 0 heterocycles. The van der Waals surface area contributed by atoms with Gasteiger partial charge in [-0.05, 0) is 74.3 Å². The number of carboxylic acid groups (broad SMARTS) is 1. The van der Waals surface area contributed by atoms with Gasteiger partial charge in [0.05, 0.1) is 6.04 Å². The molecule has 0 saturated heterocycles. The van der Waals surface area contributed by atoms with Gasteiger partial charge in [-0.15, -0.1) is 0 Å². The summed E-state index contributed by atoms with van der Waals surface area (Å²) in [6, 6.07) is 2.37. The molecule has 0 aliphatic rings. The molecule has 1 aromatic carbocycles. The van der Waals surface area contributed by atoms with Crippen molar-refractivity contribution in [2.75, 3.05) is 18.6 Å². The second kappa shape index (κ2) is 17.6. The van der Waals surface area contributed by atoms with E-state index >= 15 is 0 Å². The van der Waals surface area contributed by atoms with E-state index in [-0.39, 0.29) is 24.5 Å². The van der Waals surface area contributed by atoms with Gasteiger partial charge in [0.1, 0.15) is 23.9 Å². The molecule has 3 amide bonds. The van der Waals surface area contributed by atoms with E-state index in [1.54, 1.807) is 19.1 Å². The topological polar surface area (TPSA) is 197 Å². The Bertz CT molecular complexity index is 901. The second-order valence-electron chi connectivity index (χ2n) is 9.38. The molecule has 11 nitrogen and oxygen atoms in total. The van der Waals surface area contributed by atoms with Gasteiger partial charge < -0.3 is 37.6 Å². The summed E-state index contributed by atoms with van der Waals surface area (Å²) in [5.74, 6) is -2.44. The van der Waals surface area contributed by atoms with Crippen LogP contribution in [-0.2, 0) is 25.6 Å². The Labute approximate surface area is 228 Å². The molecule has 12 heteroatoms. The molecule has 0 spiro atoms. The maximum atomic E-state index is 13.3. The van der Waals surface area contributed by atoms with Crippen LogP contribution in [0.2, 0.25) is 0 Å². The average Bonchev–Trinajstić information content (AvgIpc) is 2.89. The van der Waals surface area contributed by atoms with Crippen molar-refractivity contribution in [3.05, 3.63) is 29.8 Å². The highest BCUT2D eigenvalue weighted by atomic mass is 32.2. The Morgan fingerprint density at radius 3 is 2.13 bits per heavy atom. The fourth-order valence-corrected chi connectivity index (χ4v) is 4.20. The normalized spacial score (nSPS) is 15.0. The number of nitrogens with one attached hydrogen (secondary N) is 3. The van der Waals surface area contributed by atoms with Crippen LogP contribution in [0.4, 0.5) is 0 Å². The molecule has 0 aromatic heterocycles. The number of unbranched alkanes of at least 4 members (excludes halogenated alkanes) is 1. The average molecular weight is 554 g/mol. The Morgan fingerprint density at radius 2 is 1.58 bits per heavy atom. The first kappa shape index (κ1) is 33.2. The van der Waals surface area contributed by atoms with Crippen molar-refractivity contribution in [1.29, 1.82) is 0 Å². The lowest BCUT2D eigenvalue weighted by molar-refractivity contribution is -0.142. The minimum atomic E-state index is -1.14. The zero-order valence-corrected chi connectivity index (χ0v) is 23.3. The third-order valence-electron chi connectivity index (χ3n) is 6.33. The number of nitrogens with two attached hydrogens (primary N) is 2. The highest BCUT2D eigenvalue weighted by Crippen LogP contribution is 2.13. The number of thioether (sulfide) groups is 1. The smallest absolute Gasteiger partial charge is 0.326 e. The predicted molar refractivity (Wildman–Crippen MR) is 149 cm³/mol. The predicted octanol–water partition coefficient (Wildman–Crippen LogP) is 0.729. The second-order valence-corrected chi connectivity index (χ2v) is 10.4. The summed E-state index contributed by atoms with van der Waals surface area (Å²) in [5.41, 5.74) is 12.4. The number of aliphatic carboxylic acids is 1. The van der Waals surface area contributed by atoms with Crippen LogP contribution in [0, 0.1) is 5.92 Å². The van der Waals surface area contributed by atoms with Gasteiger partial charge >= 0.3 is 5.97 Å². The van der Waals surface area contributed by atoms with Gasteiger partial charge in [0.2, 0.25) is 17.7 Å². The van der Waals surface area contributed by atoms with E-state index in [2.05, 4.69) is 16.0 Å². The monoisotopic (exact) mass is 553 g/mol. The zero-order valence-electron chi connectivity index (χ0n) is 22.4. The van der Waals surface area contributed by atoms with E-state index in [0.717, 1.165) is 5.56 Å². The molecule has 0 aliphatic heterocycles. The van der Waals surface area contributed by atoms with Crippen LogP contribution in [0.5, 0.6) is 5.75 Å². The third kappa shape index (κ3) is 11.7. The fraction of sp³-hybridized carbons (Fsp3) is 0.615. The van der Waals surface area contributed by atoms with Gasteiger partial charge in [-0.3, -0.25) is 14.4 Å². The Kier molecular flexibility index (Phi) is 15.4. The zero-order chi connectivity index (χ0) is 28.7. The number of hydrogen-bond donors (Lipinski definition) is 7. The van der Waals surface area contributed by atoms with E-state index in [9.17, 15) is 29.4 Å². The van der Waals surface area contributed by atoms with Gasteiger partial charge in [0.15, 0.2) is 0 Å². The minimum Gasteiger partial charge on any atom is -0.508 e. The molecule has 1 aromatic rings. The van der Waals surface area contributed by atoms with Gasteiger partial charge in [0.25, 0.3) is 0 Å². The van der Waals surface area contributed by atoms with Crippen LogP contribution in [0.15, 0.2) is 24.3 Å². The lowest BCUT2D eigenvalue weighted by atomic mass is 9.96. The van der Waals surface area contributed by atoms with Crippen LogP contribution < -0.4 is 27.4 Å². The van der Waals surface area contributed by atoms with Gasteiger partial charge in [-0.1, -0.05) is 32.4 Å². The first-order valence-electron chi connectivity index (χ1n) is 12.9. The molecular formula is C26H43N5O6S. The summed E-state index contributed by atoms with van der Waals surface area (Å²) in [4.78, 5) is 50.8. The highest BCUT2D eigenvalue weighted by molar-refractivity contribution is 7.98. The molecule has 0 bridgehead atoms. The Hall–Kier alpha value is -2.83. The number of hydrogen-bond acceptors (Lipinski definition) is 8. The molecule has 5 atom stereocenters. The van der Waals surface area contributed by atoms with Crippen LogP contribution in [0.1, 0.15) is 51.5 Å². The molecule has 0 aliphatic carbocycles. The van der Waals surface area contributed by atoms with Crippen molar-refractivity contribution in [3.8, 4) is 5.75 Å². The van der Waals surface area contributed by atoms with Gasteiger partial charge in [-0.25, -0.2) is 4.79 Å². The van der Waals surface area contributed by atoms with Gasteiger partial charge in [-0.2, -0.15) is 11.8 Å². The van der Waals surface area contributed by atoms with Crippen molar-refractivity contribution >= 4 is 35.5 Å². The molecule has 9 N–H and O–H groups in total. The quantitative estimate of drug-likeness (QED) is 0.128. The van der Waals surface area contributed by atoms with Crippen LogP contribution in [0.3, 0.4) is 0 Å². The van der Waals surface area contributed by atoms with Crippen LogP contribution >= 0.6 is 11.8 Å². The molecule has 0 saturated carbocycles. The number of phenols is 1. The number of benzene rings is 1. The summed E-state index contributed by atoms with van der Waals surface area (Å²) >= 11 is 1.47. The summed E-state index contributed by atoms with van der Waals surface area (Å²) in [7, 11) is 0. The van der Waals surface area contributed by atoms with Gasteiger partial charge in [0, 0.05) is 0 Å². The molecule has 0 fully saturated rings. The first-order chi connectivity index (χ1) is 18.0. The van der Waals surface area contributed by atoms with Crippen molar-refractivity contribution in [2.24, 2.45) is 17.4 Å². The molecule has 38 heavy (non-hydrogen) atoms. The summed E-state index contributed by atoms with van der Waals surface area (Å²) in [5, 5.41) is 26.9. The number of rotatable bonds is 18. The van der Waals surface area contributed by atoms with E-state index in [1.807, 2.05) is 13.2 Å². The lowest BCUT2D eigenvalue weighted by Crippen LogP contribution is -2.58. The minimum absolute atomic E-state index is 0.0993. The Balaban J connectivity index is 2.98. The summed E-state index contributed by atoms with van der Waals surface area (Å²) in [6.45, 7) is 4.08. The number of amides is 3. The van der Waals surface area contributed by atoms with E-state index < -0.39 is 47.9 Å². The lowest BCUT2D eigenvalue weighted by Gasteiger charge is -2.28. The number of phenolic OH excluding ortho intramolecular Hbond substituents is 1. The number of carboxylic acids is 1. The first-order valence-corrected chi connectivity index (χ1v) is 14.3. The maximum Gasteiger partial charge on any atom is 0.326 e. The van der Waals surface area contributed by atoms with Crippen molar-refractivity contribution in [3.63, 3.8) is 0 Å². The SMILES string of the molecule is CCC(C)C(NC(=O)C(CCCCN)NC(=O)C(N)Cc1ccc(O)cc1)C(=O)NC(CCSC)C(=O)O. The largest absolute Gasteiger partial charge is 0.508 e. The number of aromatic hydroxyl groups is 1. The van der Waals surface area contributed by atoms with Crippen molar-refractivity contribution < 1.29 is 29.4 Å². The van der Waals surface area contributed by atoms with Crippen molar-refractivity contribution in [2.45, 2.75) is 76.5 Å². The third-order valence-corrected chi connectivity index (χ3v) is 6.97. The molecule has 5 unspecified atom stereocenters. The number of carbonyl (C=O) groups excluding carboxylic acids is 3. The number of carbonyl (C=O) groups is 4. The Morgan fingerprint density at radius 1 is 0.947 bits per heavy atom. The van der Waals surface area contributed by atoms with E-state index in [4.69, 9.17) is 11.5 Å². The summed E-state index contributed by atoms with van der Waals surface area (Å²) < 4.78 is 0. The molecule has 214 valence electrons. The van der Waals surface area contributed by atoms with Crippen LogP contribution in [0.25, 0.3) is 0 Å². The van der Waals surface area contributed by atoms with Crippen LogP contribution in [-0.4, -0.2) is 76.6 Å². The van der Waals surface area contributed by atoms with Crippen molar-refractivity contribution in [1.82, 2.24) is 16.0 Å². The highest BCUT2D eigenvalue weighted by Gasteiger charge is 2.32. The maximum absolute atomic E-state index is 13.3. The van der Waals surface area contributed by atoms with E-state index in [0.29, 0.717) is 38.0 Å². The standard InChI is InChI=1S/C26H43N5O6S/c1-4-16(2)22(25(35)30-21(26(36)37)12-14-38-3)31-24(34)20(7-5-6-13-27)29-23(33)19(28)15-17-8-10-18(32)11-9-17/h8-11,16,19-22,32H,4-7,12-15,27-28H2,1-3H3,(H,29,33)(H,30,35)(H,31,34)(H,36,37). The molecule has 1 rings (SSSR count).